The van der Waals surface area contributed by atoms with Crippen LogP contribution in [-0.4, -0.2) is 24.9 Å². The van der Waals surface area contributed by atoms with Crippen LogP contribution < -0.4 is 20.5 Å². The normalized spacial score (nSPS) is 18.5. The standard InChI is InChI=1S/C22H24N2O5/c1-29-19-13-7-6-12-18(19)24-21(26)16-10-4-5-11-17(16)23-20(25)14-8-2-3-9-15(14)22(27)28/h4-7,10-15H,2-3,8-9H2,1H3,(H,23,25)(H,24,26)(H,27,28)/p-1/t14-,15+/m0/s1. The molecule has 2 amide bonds. The first-order valence-electron chi connectivity index (χ1n) is 9.56. The number of methoxy groups -OCH3 is 1. The average molecular weight is 395 g/mol. The van der Waals surface area contributed by atoms with Crippen molar-refractivity contribution in [3.63, 3.8) is 0 Å². The first-order valence-corrected chi connectivity index (χ1v) is 9.56. The molecule has 1 aliphatic rings. The summed E-state index contributed by atoms with van der Waals surface area (Å²) in [7, 11) is 1.51. The quantitative estimate of drug-likeness (QED) is 0.781. The zero-order chi connectivity index (χ0) is 20.8. The largest absolute Gasteiger partial charge is 0.550 e. The van der Waals surface area contributed by atoms with E-state index in [2.05, 4.69) is 10.6 Å². The predicted molar refractivity (Wildman–Crippen MR) is 106 cm³/mol. The fraction of sp³-hybridized carbons (Fsp3) is 0.318. The van der Waals surface area contributed by atoms with Crippen molar-refractivity contribution >= 4 is 29.2 Å². The summed E-state index contributed by atoms with van der Waals surface area (Å²) in [6, 6.07) is 13.6. The fourth-order valence-electron chi connectivity index (χ4n) is 3.68. The number of para-hydroxylation sites is 3. The molecule has 7 heteroatoms. The van der Waals surface area contributed by atoms with Gasteiger partial charge in [-0.15, -0.1) is 0 Å². The Bertz CT molecular complexity index is 912. The van der Waals surface area contributed by atoms with Gasteiger partial charge in [0.1, 0.15) is 5.75 Å². The highest BCUT2D eigenvalue weighted by molar-refractivity contribution is 6.10. The summed E-state index contributed by atoms with van der Waals surface area (Å²) in [5.41, 5.74) is 1.10. The molecule has 0 aromatic heterocycles. The van der Waals surface area contributed by atoms with Gasteiger partial charge in [-0.05, 0) is 37.1 Å². The minimum absolute atomic E-state index is 0.271. The molecule has 1 fully saturated rings. The van der Waals surface area contributed by atoms with Crippen molar-refractivity contribution in [3.8, 4) is 5.75 Å². The predicted octanol–water partition coefficient (Wildman–Crippen LogP) is 2.44. The molecule has 2 atom stereocenters. The van der Waals surface area contributed by atoms with Gasteiger partial charge in [-0.1, -0.05) is 37.1 Å². The summed E-state index contributed by atoms with van der Waals surface area (Å²) < 4.78 is 5.24. The monoisotopic (exact) mass is 395 g/mol. The molecule has 2 aromatic rings. The van der Waals surface area contributed by atoms with E-state index in [1.165, 1.54) is 7.11 Å². The van der Waals surface area contributed by atoms with E-state index in [0.29, 0.717) is 30.0 Å². The molecule has 3 rings (SSSR count). The molecule has 0 saturated heterocycles. The van der Waals surface area contributed by atoms with Gasteiger partial charge < -0.3 is 25.3 Å². The average Bonchev–Trinajstić information content (AvgIpc) is 2.74. The smallest absolute Gasteiger partial charge is 0.257 e. The fourth-order valence-corrected chi connectivity index (χ4v) is 3.68. The second-order valence-corrected chi connectivity index (χ2v) is 7.01. The Morgan fingerprint density at radius 3 is 2.21 bits per heavy atom. The number of aliphatic carboxylic acids is 1. The molecule has 29 heavy (non-hydrogen) atoms. The van der Waals surface area contributed by atoms with Crippen LogP contribution in [0.2, 0.25) is 0 Å². The molecule has 0 heterocycles. The van der Waals surface area contributed by atoms with Gasteiger partial charge in [0.25, 0.3) is 5.91 Å². The van der Waals surface area contributed by atoms with Crippen LogP contribution >= 0.6 is 0 Å². The number of hydrogen-bond acceptors (Lipinski definition) is 5. The van der Waals surface area contributed by atoms with Crippen LogP contribution in [-0.2, 0) is 9.59 Å². The van der Waals surface area contributed by atoms with E-state index in [0.717, 1.165) is 12.8 Å². The highest BCUT2D eigenvalue weighted by Crippen LogP contribution is 2.31. The molecule has 1 saturated carbocycles. The number of amides is 2. The minimum Gasteiger partial charge on any atom is -0.550 e. The Labute approximate surface area is 169 Å². The molecular weight excluding hydrogens is 372 g/mol. The Morgan fingerprint density at radius 2 is 1.52 bits per heavy atom. The van der Waals surface area contributed by atoms with Gasteiger partial charge in [0, 0.05) is 17.8 Å². The maximum atomic E-state index is 12.8. The van der Waals surface area contributed by atoms with Gasteiger partial charge in [-0.3, -0.25) is 9.59 Å². The number of hydrogen-bond donors (Lipinski definition) is 2. The van der Waals surface area contributed by atoms with E-state index in [9.17, 15) is 19.5 Å². The Kier molecular flexibility index (Phi) is 6.49. The molecule has 0 unspecified atom stereocenters. The molecule has 0 bridgehead atoms. The van der Waals surface area contributed by atoms with Crippen LogP contribution in [0.1, 0.15) is 36.0 Å². The van der Waals surface area contributed by atoms with E-state index >= 15 is 0 Å². The summed E-state index contributed by atoms with van der Waals surface area (Å²) in [6.45, 7) is 0. The van der Waals surface area contributed by atoms with E-state index in [-0.39, 0.29) is 5.56 Å². The maximum Gasteiger partial charge on any atom is 0.257 e. The van der Waals surface area contributed by atoms with Crippen molar-refractivity contribution in [1.29, 1.82) is 0 Å². The number of anilines is 2. The number of carboxylic acid groups (broad SMARTS) is 1. The van der Waals surface area contributed by atoms with Gasteiger partial charge >= 0.3 is 0 Å². The topological polar surface area (TPSA) is 108 Å². The Balaban J connectivity index is 1.79. The lowest BCUT2D eigenvalue weighted by Crippen LogP contribution is -2.42. The number of nitrogens with one attached hydrogen (secondary N) is 2. The summed E-state index contributed by atoms with van der Waals surface area (Å²) in [5.74, 6) is -2.98. The second-order valence-electron chi connectivity index (χ2n) is 7.01. The van der Waals surface area contributed by atoms with Crippen LogP contribution in [0.4, 0.5) is 11.4 Å². The lowest BCUT2D eigenvalue weighted by molar-refractivity contribution is -0.313. The minimum atomic E-state index is -1.20. The second kappa shape index (κ2) is 9.23. The third kappa shape index (κ3) is 4.74. The number of carbonyl (C=O) groups excluding carboxylic acids is 3. The number of carboxylic acids is 1. The molecule has 0 spiro atoms. The highest BCUT2D eigenvalue weighted by atomic mass is 16.5. The molecule has 2 aromatic carbocycles. The number of benzene rings is 2. The summed E-state index contributed by atoms with van der Waals surface area (Å²) in [6.07, 6.45) is 2.47. The van der Waals surface area contributed by atoms with Crippen LogP contribution in [0.3, 0.4) is 0 Å². The number of ether oxygens (including phenoxy) is 1. The van der Waals surface area contributed by atoms with Gasteiger partial charge in [-0.2, -0.15) is 0 Å². The third-order valence-corrected chi connectivity index (χ3v) is 5.19. The number of rotatable bonds is 6. The van der Waals surface area contributed by atoms with Gasteiger partial charge in [0.05, 0.1) is 24.0 Å². The molecule has 0 aliphatic heterocycles. The first kappa shape index (κ1) is 20.4. The van der Waals surface area contributed by atoms with Crippen molar-refractivity contribution < 1.29 is 24.2 Å². The highest BCUT2D eigenvalue weighted by Gasteiger charge is 2.32. The molecule has 2 N–H and O–H groups in total. The maximum absolute atomic E-state index is 12.8. The SMILES string of the molecule is COc1ccccc1NC(=O)c1ccccc1NC(=O)[C@H]1CCCC[C@H]1C(=O)[O-]. The van der Waals surface area contributed by atoms with E-state index in [1.807, 2.05) is 0 Å². The molecule has 7 nitrogen and oxygen atoms in total. The summed E-state index contributed by atoms with van der Waals surface area (Å²) >= 11 is 0. The van der Waals surface area contributed by atoms with Gasteiger partial charge in [0.15, 0.2) is 0 Å². The van der Waals surface area contributed by atoms with Crippen molar-refractivity contribution in [1.82, 2.24) is 0 Å². The zero-order valence-corrected chi connectivity index (χ0v) is 16.1. The van der Waals surface area contributed by atoms with Crippen molar-refractivity contribution in [2.75, 3.05) is 17.7 Å². The molecule has 1 aliphatic carbocycles. The van der Waals surface area contributed by atoms with Crippen LogP contribution in [0, 0.1) is 11.8 Å². The lowest BCUT2D eigenvalue weighted by Gasteiger charge is -2.31. The third-order valence-electron chi connectivity index (χ3n) is 5.19. The summed E-state index contributed by atoms with van der Waals surface area (Å²) in [5, 5.41) is 16.9. The zero-order valence-electron chi connectivity index (χ0n) is 16.1. The lowest BCUT2D eigenvalue weighted by atomic mass is 9.78. The Morgan fingerprint density at radius 1 is 0.897 bits per heavy atom. The summed E-state index contributed by atoms with van der Waals surface area (Å²) in [4.78, 5) is 37.0. The van der Waals surface area contributed by atoms with Gasteiger partial charge in [0.2, 0.25) is 5.91 Å². The van der Waals surface area contributed by atoms with Crippen molar-refractivity contribution in [3.05, 3.63) is 54.1 Å². The molecular formula is C22H23N2O5-. The van der Waals surface area contributed by atoms with Gasteiger partial charge in [-0.25, -0.2) is 0 Å². The number of carbonyl (C=O) groups is 3. The molecule has 0 radical (unpaired) electrons. The molecule has 152 valence electrons. The van der Waals surface area contributed by atoms with E-state index < -0.39 is 29.6 Å². The van der Waals surface area contributed by atoms with Crippen LogP contribution in [0.25, 0.3) is 0 Å². The van der Waals surface area contributed by atoms with E-state index in [1.54, 1.807) is 48.5 Å². The van der Waals surface area contributed by atoms with Crippen molar-refractivity contribution in [2.24, 2.45) is 11.8 Å². The Hall–Kier alpha value is -3.35. The van der Waals surface area contributed by atoms with E-state index in [4.69, 9.17) is 4.74 Å². The van der Waals surface area contributed by atoms with Crippen LogP contribution in [0.5, 0.6) is 5.75 Å². The van der Waals surface area contributed by atoms with Crippen molar-refractivity contribution in [2.45, 2.75) is 25.7 Å². The van der Waals surface area contributed by atoms with Crippen LogP contribution in [0.15, 0.2) is 48.5 Å². The first-order chi connectivity index (χ1) is 14.0.